The average Bonchev–Trinajstić information content (AvgIpc) is 2.48. The molecule has 0 unspecified atom stereocenters. The molecule has 0 aromatic heterocycles. The van der Waals surface area contributed by atoms with Crippen molar-refractivity contribution < 1.29 is 9.53 Å². The molecule has 2 N–H and O–H groups in total. The van der Waals surface area contributed by atoms with Gasteiger partial charge in [0.1, 0.15) is 0 Å². The third-order valence-electron chi connectivity index (χ3n) is 3.69. The summed E-state index contributed by atoms with van der Waals surface area (Å²) < 4.78 is 5.30. The van der Waals surface area contributed by atoms with E-state index in [1.807, 2.05) is 26.0 Å². The Bertz CT molecular complexity index is 493. The molecule has 1 fully saturated rings. The number of nitrogens with zero attached hydrogens (tertiary/aromatic N) is 1. The summed E-state index contributed by atoms with van der Waals surface area (Å²) in [7, 11) is 0. The molecule has 0 aliphatic carbocycles. The summed E-state index contributed by atoms with van der Waals surface area (Å²) in [6.45, 7) is 9.45. The standard InChI is InChI=1S/C16H24ClN3O2/c1-12-9-13(2)16(14(17)10-12)19-15(21)11-18-3-4-20-5-7-22-8-6-20/h9-10,18H,3-8,11H2,1-2H3,(H,19,21). The summed E-state index contributed by atoms with van der Waals surface area (Å²) in [6.07, 6.45) is 0. The highest BCUT2D eigenvalue weighted by atomic mass is 35.5. The summed E-state index contributed by atoms with van der Waals surface area (Å²) in [6, 6.07) is 3.86. The SMILES string of the molecule is Cc1cc(C)c(NC(=O)CNCCN2CCOCC2)c(Cl)c1. The molecular weight excluding hydrogens is 302 g/mol. The number of benzene rings is 1. The van der Waals surface area contributed by atoms with Crippen LogP contribution < -0.4 is 10.6 Å². The van der Waals surface area contributed by atoms with Crippen molar-refractivity contribution in [3.05, 3.63) is 28.3 Å². The highest BCUT2D eigenvalue weighted by Crippen LogP contribution is 2.27. The fourth-order valence-corrected chi connectivity index (χ4v) is 2.89. The number of halogens is 1. The van der Waals surface area contributed by atoms with Gasteiger partial charge in [-0.2, -0.15) is 0 Å². The molecule has 1 aromatic carbocycles. The van der Waals surface area contributed by atoms with Gasteiger partial charge in [0.15, 0.2) is 0 Å². The minimum absolute atomic E-state index is 0.0733. The molecule has 1 aliphatic rings. The van der Waals surface area contributed by atoms with Crippen LogP contribution in [0.25, 0.3) is 0 Å². The van der Waals surface area contributed by atoms with Crippen LogP contribution in [0.2, 0.25) is 5.02 Å². The zero-order chi connectivity index (χ0) is 15.9. The second kappa shape index (κ2) is 8.48. The lowest BCUT2D eigenvalue weighted by atomic mass is 10.1. The van der Waals surface area contributed by atoms with Gasteiger partial charge in [-0.05, 0) is 31.0 Å². The molecule has 0 radical (unpaired) electrons. The van der Waals surface area contributed by atoms with E-state index in [0.717, 1.165) is 50.5 Å². The Labute approximate surface area is 137 Å². The first-order valence-corrected chi connectivity index (χ1v) is 8.01. The number of rotatable bonds is 6. The Morgan fingerprint density at radius 1 is 1.32 bits per heavy atom. The van der Waals surface area contributed by atoms with Crippen molar-refractivity contribution in [2.75, 3.05) is 51.3 Å². The first-order chi connectivity index (χ1) is 10.6. The van der Waals surface area contributed by atoms with E-state index in [9.17, 15) is 4.79 Å². The van der Waals surface area contributed by atoms with E-state index < -0.39 is 0 Å². The van der Waals surface area contributed by atoms with Crippen LogP contribution >= 0.6 is 11.6 Å². The zero-order valence-corrected chi connectivity index (χ0v) is 14.0. The number of anilines is 1. The molecule has 0 atom stereocenters. The monoisotopic (exact) mass is 325 g/mol. The van der Waals surface area contributed by atoms with Crippen molar-refractivity contribution in [2.24, 2.45) is 0 Å². The van der Waals surface area contributed by atoms with E-state index in [4.69, 9.17) is 16.3 Å². The Balaban J connectivity index is 1.71. The van der Waals surface area contributed by atoms with Crippen LogP contribution in [0, 0.1) is 13.8 Å². The zero-order valence-electron chi connectivity index (χ0n) is 13.2. The number of carbonyl (C=O) groups excluding carboxylic acids is 1. The number of hydrogen-bond donors (Lipinski definition) is 2. The molecule has 1 saturated heterocycles. The van der Waals surface area contributed by atoms with E-state index in [1.165, 1.54) is 0 Å². The summed E-state index contributed by atoms with van der Waals surface area (Å²) in [5.41, 5.74) is 2.77. The second-order valence-corrected chi connectivity index (χ2v) is 6.02. The number of morpholine rings is 1. The Morgan fingerprint density at radius 3 is 2.73 bits per heavy atom. The van der Waals surface area contributed by atoms with Gasteiger partial charge in [-0.15, -0.1) is 0 Å². The van der Waals surface area contributed by atoms with Crippen LogP contribution in [-0.2, 0) is 9.53 Å². The Kier molecular flexibility index (Phi) is 6.64. The molecule has 22 heavy (non-hydrogen) atoms. The third kappa shape index (κ3) is 5.25. The van der Waals surface area contributed by atoms with Crippen LogP contribution in [0.5, 0.6) is 0 Å². The Hall–Kier alpha value is -1.14. The predicted molar refractivity (Wildman–Crippen MR) is 89.7 cm³/mol. The van der Waals surface area contributed by atoms with Crippen molar-refractivity contribution >= 4 is 23.2 Å². The van der Waals surface area contributed by atoms with E-state index in [1.54, 1.807) is 0 Å². The van der Waals surface area contributed by atoms with Crippen molar-refractivity contribution in [3.8, 4) is 0 Å². The summed E-state index contributed by atoms with van der Waals surface area (Å²) in [5, 5.41) is 6.63. The largest absolute Gasteiger partial charge is 0.379 e. The summed E-state index contributed by atoms with van der Waals surface area (Å²) in [4.78, 5) is 14.3. The van der Waals surface area contributed by atoms with E-state index >= 15 is 0 Å². The topological polar surface area (TPSA) is 53.6 Å². The van der Waals surface area contributed by atoms with Crippen LogP contribution in [0.15, 0.2) is 12.1 Å². The number of aryl methyl sites for hydroxylation is 2. The molecule has 1 aromatic rings. The number of carbonyl (C=O) groups is 1. The average molecular weight is 326 g/mol. The van der Waals surface area contributed by atoms with Gasteiger partial charge in [-0.25, -0.2) is 0 Å². The van der Waals surface area contributed by atoms with Gasteiger partial charge in [-0.3, -0.25) is 9.69 Å². The highest BCUT2D eigenvalue weighted by Gasteiger charge is 2.11. The van der Waals surface area contributed by atoms with E-state index in [-0.39, 0.29) is 12.5 Å². The molecule has 6 heteroatoms. The maximum absolute atomic E-state index is 12.0. The van der Waals surface area contributed by atoms with Crippen LogP contribution in [0.4, 0.5) is 5.69 Å². The number of amides is 1. The first-order valence-electron chi connectivity index (χ1n) is 7.63. The minimum Gasteiger partial charge on any atom is -0.379 e. The summed E-state index contributed by atoms with van der Waals surface area (Å²) in [5.74, 6) is -0.0733. The number of nitrogens with one attached hydrogen (secondary N) is 2. The molecule has 1 heterocycles. The molecule has 0 saturated carbocycles. The van der Waals surface area contributed by atoms with Gasteiger partial charge in [0.25, 0.3) is 0 Å². The molecule has 1 amide bonds. The number of ether oxygens (including phenoxy) is 1. The lowest BCUT2D eigenvalue weighted by Gasteiger charge is -2.26. The van der Waals surface area contributed by atoms with Gasteiger partial charge in [0.2, 0.25) is 5.91 Å². The van der Waals surface area contributed by atoms with Crippen molar-refractivity contribution in [1.82, 2.24) is 10.2 Å². The summed E-state index contributed by atoms with van der Waals surface area (Å²) >= 11 is 6.19. The molecular formula is C16H24ClN3O2. The fraction of sp³-hybridized carbons (Fsp3) is 0.562. The lowest BCUT2D eigenvalue weighted by Crippen LogP contribution is -2.41. The fourth-order valence-electron chi connectivity index (χ4n) is 2.52. The quantitative estimate of drug-likeness (QED) is 0.783. The highest BCUT2D eigenvalue weighted by molar-refractivity contribution is 6.34. The molecule has 0 bridgehead atoms. The van der Waals surface area contributed by atoms with E-state index in [2.05, 4.69) is 15.5 Å². The van der Waals surface area contributed by atoms with Crippen molar-refractivity contribution in [1.29, 1.82) is 0 Å². The molecule has 5 nitrogen and oxygen atoms in total. The van der Waals surface area contributed by atoms with Crippen molar-refractivity contribution in [3.63, 3.8) is 0 Å². The Morgan fingerprint density at radius 2 is 2.05 bits per heavy atom. The molecule has 2 rings (SSSR count). The normalized spacial score (nSPS) is 15.8. The van der Waals surface area contributed by atoms with Gasteiger partial charge in [-0.1, -0.05) is 17.7 Å². The smallest absolute Gasteiger partial charge is 0.238 e. The minimum atomic E-state index is -0.0733. The lowest BCUT2D eigenvalue weighted by molar-refractivity contribution is -0.115. The van der Waals surface area contributed by atoms with Crippen LogP contribution in [0.1, 0.15) is 11.1 Å². The van der Waals surface area contributed by atoms with Gasteiger partial charge in [0.05, 0.1) is 30.5 Å². The third-order valence-corrected chi connectivity index (χ3v) is 3.99. The van der Waals surface area contributed by atoms with E-state index in [0.29, 0.717) is 10.7 Å². The van der Waals surface area contributed by atoms with Gasteiger partial charge >= 0.3 is 0 Å². The van der Waals surface area contributed by atoms with Gasteiger partial charge in [0, 0.05) is 26.2 Å². The molecule has 0 spiro atoms. The maximum Gasteiger partial charge on any atom is 0.238 e. The van der Waals surface area contributed by atoms with Crippen LogP contribution in [0.3, 0.4) is 0 Å². The number of hydrogen-bond acceptors (Lipinski definition) is 4. The van der Waals surface area contributed by atoms with Crippen LogP contribution in [-0.4, -0.2) is 56.7 Å². The predicted octanol–water partition coefficient (Wildman–Crippen LogP) is 1.82. The van der Waals surface area contributed by atoms with Gasteiger partial charge < -0.3 is 15.4 Å². The molecule has 1 aliphatic heterocycles. The first kappa shape index (κ1) is 17.2. The maximum atomic E-state index is 12.0. The second-order valence-electron chi connectivity index (χ2n) is 5.62. The van der Waals surface area contributed by atoms with Crippen molar-refractivity contribution in [2.45, 2.75) is 13.8 Å². The molecule has 122 valence electrons.